The molecule has 124 valence electrons. The largest absolute Gasteiger partial charge is 0.493 e. The van der Waals surface area contributed by atoms with Crippen LogP contribution < -0.4 is 14.8 Å². The highest BCUT2D eigenvalue weighted by molar-refractivity contribution is 7.91. The number of ether oxygens (including phenoxy) is 2. The van der Waals surface area contributed by atoms with Crippen LogP contribution in [0.25, 0.3) is 0 Å². The van der Waals surface area contributed by atoms with Crippen molar-refractivity contribution in [3.8, 4) is 11.5 Å². The van der Waals surface area contributed by atoms with Crippen molar-refractivity contribution in [1.82, 2.24) is 4.90 Å². The number of nitrogens with zero attached hydrogens (tertiary/aromatic N) is 1. The zero-order valence-electron chi connectivity index (χ0n) is 13.6. The molecule has 1 aromatic carbocycles. The van der Waals surface area contributed by atoms with Gasteiger partial charge in [0, 0.05) is 31.5 Å². The Bertz CT molecular complexity index is 640. The van der Waals surface area contributed by atoms with Gasteiger partial charge in [-0.25, -0.2) is 13.8 Å². The van der Waals surface area contributed by atoms with Crippen LogP contribution in [0, 0.1) is 4.78 Å². The van der Waals surface area contributed by atoms with Gasteiger partial charge >= 0.3 is 6.03 Å². The Hall–Kier alpha value is -1.96. The van der Waals surface area contributed by atoms with E-state index in [1.165, 1.54) is 32.6 Å². The van der Waals surface area contributed by atoms with Crippen molar-refractivity contribution in [3.63, 3.8) is 0 Å². The summed E-state index contributed by atoms with van der Waals surface area (Å²) >= 11 is 0. The first-order chi connectivity index (χ1) is 10.3. The molecule has 22 heavy (non-hydrogen) atoms. The number of carbonyl (C=O) groups excluding carboxylic acids is 1. The normalized spacial score (nSPS) is 13.1. The fourth-order valence-electron chi connectivity index (χ4n) is 1.99. The maximum Gasteiger partial charge on any atom is 0.321 e. The molecule has 7 nitrogen and oxygen atoms in total. The van der Waals surface area contributed by atoms with Crippen LogP contribution in [0.1, 0.15) is 13.8 Å². The summed E-state index contributed by atoms with van der Waals surface area (Å²) in [5.41, 5.74) is 0.289. The second kappa shape index (κ2) is 7.35. The van der Waals surface area contributed by atoms with Crippen molar-refractivity contribution in [2.75, 3.05) is 38.9 Å². The van der Waals surface area contributed by atoms with Gasteiger partial charge in [-0.05, 0) is 13.8 Å². The molecular weight excluding hydrogens is 306 g/mol. The van der Waals surface area contributed by atoms with Crippen molar-refractivity contribution in [2.45, 2.75) is 18.7 Å². The van der Waals surface area contributed by atoms with E-state index in [-0.39, 0.29) is 16.6 Å². The van der Waals surface area contributed by atoms with Crippen LogP contribution in [0.3, 0.4) is 0 Å². The number of benzene rings is 1. The molecule has 0 heterocycles. The third kappa shape index (κ3) is 4.03. The Morgan fingerprint density at radius 3 is 2.14 bits per heavy atom. The van der Waals surface area contributed by atoms with Gasteiger partial charge in [-0.2, -0.15) is 0 Å². The molecule has 1 atom stereocenters. The molecule has 0 fully saturated rings. The molecule has 1 unspecified atom stereocenters. The highest BCUT2D eigenvalue weighted by atomic mass is 32.2. The van der Waals surface area contributed by atoms with Crippen molar-refractivity contribution >= 4 is 21.4 Å². The van der Waals surface area contributed by atoms with Crippen molar-refractivity contribution in [2.24, 2.45) is 0 Å². The molecule has 0 bridgehead atoms. The molecule has 0 spiro atoms. The number of rotatable bonds is 6. The predicted molar refractivity (Wildman–Crippen MR) is 86.5 cm³/mol. The first kappa shape index (κ1) is 18.1. The monoisotopic (exact) mass is 329 g/mol. The zero-order chi connectivity index (χ0) is 16.9. The van der Waals surface area contributed by atoms with E-state index in [0.717, 1.165) is 0 Å². The van der Waals surface area contributed by atoms with Gasteiger partial charge in [0.05, 0.1) is 34.5 Å². The van der Waals surface area contributed by atoms with Crippen LogP contribution in [0.15, 0.2) is 17.0 Å². The van der Waals surface area contributed by atoms with Crippen LogP contribution >= 0.6 is 0 Å². The number of anilines is 1. The Balaban J connectivity index is 3.35. The van der Waals surface area contributed by atoms with Crippen LogP contribution in [0.5, 0.6) is 11.5 Å². The minimum atomic E-state index is -3.04. The summed E-state index contributed by atoms with van der Waals surface area (Å²) in [7, 11) is -0.119. The number of methoxy groups -OCH3 is 2. The average molecular weight is 329 g/mol. The summed E-state index contributed by atoms with van der Waals surface area (Å²) in [5, 5.41) is 2.70. The van der Waals surface area contributed by atoms with Gasteiger partial charge in [0.1, 0.15) is 0 Å². The van der Waals surface area contributed by atoms with E-state index in [4.69, 9.17) is 14.3 Å². The van der Waals surface area contributed by atoms with Gasteiger partial charge in [0.15, 0.2) is 11.5 Å². The van der Waals surface area contributed by atoms with E-state index < -0.39 is 9.73 Å². The second-order valence-electron chi connectivity index (χ2n) is 4.65. The molecule has 0 aliphatic carbocycles. The quantitative estimate of drug-likeness (QED) is 0.839. The van der Waals surface area contributed by atoms with E-state index in [1.54, 1.807) is 4.90 Å². The highest BCUT2D eigenvalue weighted by Gasteiger charge is 2.19. The van der Waals surface area contributed by atoms with Crippen LogP contribution in [-0.4, -0.2) is 48.7 Å². The van der Waals surface area contributed by atoms with Gasteiger partial charge in [-0.1, -0.05) is 0 Å². The summed E-state index contributed by atoms with van der Waals surface area (Å²) in [6.45, 7) is 4.83. The minimum absolute atomic E-state index is 0.200. The van der Waals surface area contributed by atoms with Gasteiger partial charge in [-0.3, -0.25) is 0 Å². The molecule has 0 radical (unpaired) electrons. The molecule has 2 amide bonds. The molecular formula is C14H23N3O4S. The molecule has 0 saturated carbocycles. The summed E-state index contributed by atoms with van der Waals surface area (Å²) in [4.78, 5) is 14.0. The number of hydrogen-bond acceptors (Lipinski definition) is 5. The summed E-state index contributed by atoms with van der Waals surface area (Å²) in [6, 6.07) is 2.67. The van der Waals surface area contributed by atoms with Gasteiger partial charge in [0.2, 0.25) is 0 Å². The highest BCUT2D eigenvalue weighted by Crippen LogP contribution is 2.36. The second-order valence-corrected chi connectivity index (χ2v) is 6.78. The first-order valence-corrected chi connectivity index (χ1v) is 8.80. The Labute approximate surface area is 131 Å². The summed E-state index contributed by atoms with van der Waals surface area (Å²) in [6.07, 6.45) is 1.29. The standard InChI is InChI=1S/C14H23N3O4S/c1-6-17(7-2)14(18)16-10-8-11(20-3)12(21-4)9-13(10)22(5,15)19/h8-9,15H,6-7H2,1-5H3,(H,16,18). The third-order valence-corrected chi connectivity index (χ3v) is 4.37. The van der Waals surface area contributed by atoms with Gasteiger partial charge in [0.25, 0.3) is 0 Å². The molecule has 0 aliphatic rings. The smallest absolute Gasteiger partial charge is 0.321 e. The Morgan fingerprint density at radius 2 is 1.73 bits per heavy atom. The lowest BCUT2D eigenvalue weighted by Gasteiger charge is -2.21. The summed E-state index contributed by atoms with van der Waals surface area (Å²) < 4.78 is 30.4. The number of urea groups is 1. The average Bonchev–Trinajstić information content (AvgIpc) is 2.46. The first-order valence-electron chi connectivity index (χ1n) is 6.84. The fourth-order valence-corrected chi connectivity index (χ4v) is 2.85. The summed E-state index contributed by atoms with van der Waals surface area (Å²) in [5.74, 6) is 0.755. The predicted octanol–water partition coefficient (Wildman–Crippen LogP) is 2.61. The minimum Gasteiger partial charge on any atom is -0.493 e. The van der Waals surface area contributed by atoms with Crippen molar-refractivity contribution in [3.05, 3.63) is 12.1 Å². The van der Waals surface area contributed by atoms with E-state index in [0.29, 0.717) is 24.6 Å². The number of hydrogen-bond donors (Lipinski definition) is 2. The lowest BCUT2D eigenvalue weighted by atomic mass is 10.2. The number of carbonyl (C=O) groups is 1. The molecule has 1 rings (SSSR count). The molecule has 0 saturated heterocycles. The molecule has 0 aromatic heterocycles. The van der Waals surface area contributed by atoms with Crippen molar-refractivity contribution < 1.29 is 18.5 Å². The molecule has 1 aromatic rings. The molecule has 0 aliphatic heterocycles. The Morgan fingerprint density at radius 1 is 1.23 bits per heavy atom. The lowest BCUT2D eigenvalue weighted by molar-refractivity contribution is 0.217. The Kier molecular flexibility index (Phi) is 6.04. The van der Waals surface area contributed by atoms with Crippen LogP contribution in [0.2, 0.25) is 0 Å². The maximum atomic E-state index is 12.2. The molecule has 8 heteroatoms. The van der Waals surface area contributed by atoms with E-state index >= 15 is 0 Å². The fraction of sp³-hybridized carbons (Fsp3) is 0.500. The van der Waals surface area contributed by atoms with E-state index in [2.05, 4.69) is 5.32 Å². The lowest BCUT2D eigenvalue weighted by Crippen LogP contribution is -2.34. The maximum absolute atomic E-state index is 12.2. The van der Waals surface area contributed by atoms with Crippen molar-refractivity contribution in [1.29, 1.82) is 4.78 Å². The topological polar surface area (TPSA) is 91.7 Å². The van der Waals surface area contributed by atoms with E-state index in [9.17, 15) is 9.00 Å². The third-order valence-electron chi connectivity index (χ3n) is 3.20. The van der Waals surface area contributed by atoms with Gasteiger partial charge < -0.3 is 19.7 Å². The SMILES string of the molecule is CCN(CC)C(=O)Nc1cc(OC)c(OC)cc1S(C)(=N)=O. The van der Waals surface area contributed by atoms with Crippen LogP contribution in [-0.2, 0) is 9.73 Å². The zero-order valence-corrected chi connectivity index (χ0v) is 14.4. The van der Waals surface area contributed by atoms with E-state index in [1.807, 2.05) is 13.8 Å². The van der Waals surface area contributed by atoms with Gasteiger partial charge in [-0.15, -0.1) is 0 Å². The number of nitrogens with one attached hydrogen (secondary N) is 2. The van der Waals surface area contributed by atoms with Crippen LogP contribution in [0.4, 0.5) is 10.5 Å². The number of amides is 2. The molecule has 2 N–H and O–H groups in total.